The van der Waals surface area contributed by atoms with Gasteiger partial charge in [-0.15, -0.1) is 0 Å². The van der Waals surface area contributed by atoms with Gasteiger partial charge in [-0.2, -0.15) is 0 Å². The van der Waals surface area contributed by atoms with Crippen molar-refractivity contribution in [2.75, 3.05) is 23.7 Å². The zero-order valence-corrected chi connectivity index (χ0v) is 9.25. The van der Waals surface area contributed by atoms with E-state index < -0.39 is 0 Å². The first kappa shape index (κ1) is 10.8. The maximum absolute atomic E-state index is 5.72. The van der Waals surface area contributed by atoms with Crippen LogP contribution in [0.15, 0.2) is 12.3 Å². The second kappa shape index (κ2) is 4.84. The fourth-order valence-corrected chi connectivity index (χ4v) is 1.43. The summed E-state index contributed by atoms with van der Waals surface area (Å²) in [6.07, 6.45) is 2.88. The van der Waals surface area contributed by atoms with Gasteiger partial charge in [-0.1, -0.05) is 6.92 Å². The van der Waals surface area contributed by atoms with Crippen molar-refractivity contribution < 1.29 is 0 Å². The van der Waals surface area contributed by atoms with Gasteiger partial charge in [0.05, 0.1) is 11.9 Å². The van der Waals surface area contributed by atoms with E-state index in [2.05, 4.69) is 29.8 Å². The topological polar surface area (TPSA) is 42.1 Å². The molecule has 0 aliphatic rings. The van der Waals surface area contributed by atoms with Gasteiger partial charge in [0, 0.05) is 13.1 Å². The second-order valence-corrected chi connectivity index (χ2v) is 3.48. The van der Waals surface area contributed by atoms with Crippen molar-refractivity contribution in [1.29, 1.82) is 0 Å². The zero-order valence-electron chi connectivity index (χ0n) is 9.25. The quantitative estimate of drug-likeness (QED) is 0.797. The lowest BCUT2D eigenvalue weighted by molar-refractivity contribution is 0.778. The molecule has 0 aliphatic heterocycles. The Balaban J connectivity index is 2.88. The van der Waals surface area contributed by atoms with E-state index in [1.807, 2.05) is 6.92 Å². The molecule has 0 atom stereocenters. The second-order valence-electron chi connectivity index (χ2n) is 3.48. The summed E-state index contributed by atoms with van der Waals surface area (Å²) in [5.41, 5.74) is 7.59. The average molecular weight is 193 g/mol. The molecular formula is C11H19N3. The Morgan fingerprint density at radius 3 is 2.64 bits per heavy atom. The minimum Gasteiger partial charge on any atom is -0.397 e. The highest BCUT2D eigenvalue weighted by molar-refractivity contribution is 5.52. The summed E-state index contributed by atoms with van der Waals surface area (Å²) in [6, 6.07) is 2.05. The van der Waals surface area contributed by atoms with Crippen LogP contribution in [0.5, 0.6) is 0 Å². The van der Waals surface area contributed by atoms with E-state index in [0.717, 1.165) is 36.6 Å². The Hall–Kier alpha value is -1.25. The van der Waals surface area contributed by atoms with Crippen LogP contribution in [0.3, 0.4) is 0 Å². The third kappa shape index (κ3) is 2.37. The Bertz CT molecular complexity index is 297. The molecule has 0 unspecified atom stereocenters. The summed E-state index contributed by atoms with van der Waals surface area (Å²) >= 11 is 0. The zero-order chi connectivity index (χ0) is 10.6. The Labute approximate surface area is 85.9 Å². The summed E-state index contributed by atoms with van der Waals surface area (Å²) in [6.45, 7) is 8.37. The molecule has 0 saturated carbocycles. The molecule has 0 aromatic carbocycles. The minimum atomic E-state index is 0.765. The lowest BCUT2D eigenvalue weighted by Gasteiger charge is -2.21. The van der Waals surface area contributed by atoms with Crippen LogP contribution in [0.1, 0.15) is 25.8 Å². The van der Waals surface area contributed by atoms with Gasteiger partial charge in [0.1, 0.15) is 5.82 Å². The molecule has 78 valence electrons. The number of rotatable bonds is 4. The van der Waals surface area contributed by atoms with Crippen LogP contribution in [-0.2, 0) is 0 Å². The van der Waals surface area contributed by atoms with Crippen molar-refractivity contribution in [2.24, 2.45) is 0 Å². The van der Waals surface area contributed by atoms with Crippen molar-refractivity contribution in [3.05, 3.63) is 17.8 Å². The van der Waals surface area contributed by atoms with Gasteiger partial charge >= 0.3 is 0 Å². The first-order valence-electron chi connectivity index (χ1n) is 5.16. The van der Waals surface area contributed by atoms with Crippen LogP contribution < -0.4 is 10.6 Å². The molecule has 1 aromatic heterocycles. The third-order valence-electron chi connectivity index (χ3n) is 2.34. The van der Waals surface area contributed by atoms with Crippen LogP contribution in [0, 0.1) is 6.92 Å². The highest BCUT2D eigenvalue weighted by atomic mass is 15.2. The molecule has 14 heavy (non-hydrogen) atoms. The summed E-state index contributed by atoms with van der Waals surface area (Å²) in [7, 11) is 0. The van der Waals surface area contributed by atoms with E-state index in [9.17, 15) is 0 Å². The lowest BCUT2D eigenvalue weighted by atomic mass is 10.2. The van der Waals surface area contributed by atoms with Crippen molar-refractivity contribution in [1.82, 2.24) is 4.98 Å². The van der Waals surface area contributed by atoms with Gasteiger partial charge < -0.3 is 10.6 Å². The molecule has 1 rings (SSSR count). The first-order chi connectivity index (χ1) is 6.69. The molecule has 2 N–H and O–H groups in total. The van der Waals surface area contributed by atoms with Crippen LogP contribution in [0.2, 0.25) is 0 Å². The number of nitrogens with zero attached hydrogens (tertiary/aromatic N) is 2. The highest BCUT2D eigenvalue weighted by Crippen LogP contribution is 2.16. The molecule has 0 bridgehead atoms. The Morgan fingerprint density at radius 1 is 1.43 bits per heavy atom. The molecule has 1 aromatic rings. The van der Waals surface area contributed by atoms with E-state index in [1.165, 1.54) is 0 Å². The maximum Gasteiger partial charge on any atom is 0.128 e. The fraction of sp³-hybridized carbons (Fsp3) is 0.545. The highest BCUT2D eigenvalue weighted by Gasteiger charge is 2.05. The van der Waals surface area contributed by atoms with E-state index in [1.54, 1.807) is 6.20 Å². The maximum atomic E-state index is 5.72. The summed E-state index contributed by atoms with van der Waals surface area (Å²) < 4.78 is 0. The Morgan fingerprint density at radius 2 is 2.14 bits per heavy atom. The number of anilines is 2. The third-order valence-corrected chi connectivity index (χ3v) is 2.34. The van der Waals surface area contributed by atoms with Gasteiger partial charge in [0.25, 0.3) is 0 Å². The summed E-state index contributed by atoms with van der Waals surface area (Å²) in [5.74, 6) is 1.03. The molecule has 0 fully saturated rings. The largest absolute Gasteiger partial charge is 0.397 e. The van der Waals surface area contributed by atoms with Crippen molar-refractivity contribution in [3.63, 3.8) is 0 Å². The number of aromatic nitrogens is 1. The predicted octanol–water partition coefficient (Wildman–Crippen LogP) is 2.21. The number of nitrogens with two attached hydrogens (primary N) is 1. The number of hydrogen-bond acceptors (Lipinski definition) is 3. The number of pyridine rings is 1. The molecule has 3 nitrogen and oxygen atoms in total. The minimum absolute atomic E-state index is 0.765. The monoisotopic (exact) mass is 193 g/mol. The molecule has 0 amide bonds. The normalized spacial score (nSPS) is 10.2. The summed E-state index contributed by atoms with van der Waals surface area (Å²) in [4.78, 5) is 6.59. The Kier molecular flexibility index (Phi) is 3.74. The molecule has 1 heterocycles. The molecule has 0 saturated heterocycles. The van der Waals surface area contributed by atoms with Gasteiger partial charge in [-0.3, -0.25) is 0 Å². The molecule has 3 heteroatoms. The van der Waals surface area contributed by atoms with Crippen molar-refractivity contribution >= 4 is 11.5 Å². The smallest absolute Gasteiger partial charge is 0.128 e. The average Bonchev–Trinajstić information content (AvgIpc) is 2.19. The van der Waals surface area contributed by atoms with Gasteiger partial charge in [0.15, 0.2) is 0 Å². The van der Waals surface area contributed by atoms with Crippen LogP contribution in [0.4, 0.5) is 11.5 Å². The van der Waals surface area contributed by atoms with E-state index in [0.29, 0.717) is 0 Å². The standard InChI is InChI=1S/C11H19N3/c1-4-6-14(5-2)11-7-9(3)10(12)8-13-11/h7-8H,4-6,12H2,1-3H3. The number of nitrogen functional groups attached to an aromatic ring is 1. The molecule has 0 radical (unpaired) electrons. The van der Waals surface area contributed by atoms with Crippen LogP contribution in [-0.4, -0.2) is 18.1 Å². The predicted molar refractivity (Wildman–Crippen MR) is 61.6 cm³/mol. The van der Waals surface area contributed by atoms with Crippen LogP contribution >= 0.6 is 0 Å². The van der Waals surface area contributed by atoms with Crippen molar-refractivity contribution in [2.45, 2.75) is 27.2 Å². The first-order valence-corrected chi connectivity index (χ1v) is 5.16. The number of hydrogen-bond donors (Lipinski definition) is 1. The van der Waals surface area contributed by atoms with Gasteiger partial charge in [-0.05, 0) is 31.9 Å². The number of aryl methyl sites for hydroxylation is 1. The lowest BCUT2D eigenvalue weighted by Crippen LogP contribution is -2.24. The van der Waals surface area contributed by atoms with Crippen LogP contribution in [0.25, 0.3) is 0 Å². The molecular weight excluding hydrogens is 174 g/mol. The SMILES string of the molecule is CCCN(CC)c1cc(C)c(N)cn1. The van der Waals surface area contributed by atoms with E-state index in [-0.39, 0.29) is 0 Å². The fourth-order valence-electron chi connectivity index (χ4n) is 1.43. The summed E-state index contributed by atoms with van der Waals surface area (Å²) in [5, 5.41) is 0. The van der Waals surface area contributed by atoms with E-state index >= 15 is 0 Å². The van der Waals surface area contributed by atoms with Gasteiger partial charge in [0.2, 0.25) is 0 Å². The van der Waals surface area contributed by atoms with Crippen molar-refractivity contribution in [3.8, 4) is 0 Å². The molecule has 0 aliphatic carbocycles. The van der Waals surface area contributed by atoms with Gasteiger partial charge in [-0.25, -0.2) is 4.98 Å². The van der Waals surface area contributed by atoms with E-state index in [4.69, 9.17) is 5.73 Å². The molecule has 0 spiro atoms.